The Morgan fingerprint density at radius 1 is 1.28 bits per heavy atom. The van der Waals surface area contributed by atoms with Crippen molar-refractivity contribution >= 4 is 23.2 Å². The van der Waals surface area contributed by atoms with Crippen molar-refractivity contribution in [1.82, 2.24) is 9.80 Å². The first-order valence-corrected chi connectivity index (χ1v) is 12.3. The zero-order valence-corrected chi connectivity index (χ0v) is 19.6. The van der Waals surface area contributed by atoms with E-state index in [9.17, 15) is 14.0 Å². The number of benzene rings is 1. The fourth-order valence-corrected chi connectivity index (χ4v) is 5.13. The van der Waals surface area contributed by atoms with E-state index >= 15 is 0 Å². The molecule has 1 aromatic heterocycles. The van der Waals surface area contributed by atoms with Crippen LogP contribution in [0.3, 0.4) is 0 Å². The van der Waals surface area contributed by atoms with Crippen molar-refractivity contribution < 1.29 is 18.7 Å². The third-order valence-corrected chi connectivity index (χ3v) is 7.05. The molecule has 1 unspecified atom stereocenters. The number of halogens is 1. The van der Waals surface area contributed by atoms with E-state index < -0.39 is 0 Å². The lowest BCUT2D eigenvalue weighted by Gasteiger charge is -2.37. The Balaban J connectivity index is 1.48. The molecule has 4 rings (SSSR count). The monoisotopic (exact) mass is 458 g/mol. The third-order valence-electron chi connectivity index (χ3n) is 6.06. The highest BCUT2D eigenvalue weighted by atomic mass is 32.1. The van der Waals surface area contributed by atoms with Crippen LogP contribution in [-0.4, -0.2) is 47.9 Å². The predicted octanol–water partition coefficient (Wildman–Crippen LogP) is 4.68. The molecule has 0 N–H and O–H groups in total. The number of hydrogen-bond donors (Lipinski definition) is 0. The van der Waals surface area contributed by atoms with Gasteiger partial charge in [0.1, 0.15) is 18.2 Å². The van der Waals surface area contributed by atoms with Gasteiger partial charge in [-0.25, -0.2) is 4.39 Å². The Bertz CT molecular complexity index is 956. The van der Waals surface area contributed by atoms with Gasteiger partial charge in [-0.1, -0.05) is 19.9 Å². The molecule has 7 heteroatoms. The second kappa shape index (κ2) is 10.0. The second-order valence-corrected chi connectivity index (χ2v) is 10.2. The molecule has 1 aromatic carbocycles. The highest BCUT2D eigenvalue weighted by Gasteiger charge is 2.35. The molecule has 0 saturated heterocycles. The van der Waals surface area contributed by atoms with Crippen LogP contribution in [-0.2, 0) is 16.0 Å². The Morgan fingerprint density at radius 3 is 2.81 bits per heavy atom. The number of rotatable bonds is 9. The maximum atomic E-state index is 13.6. The van der Waals surface area contributed by atoms with Gasteiger partial charge in [-0.05, 0) is 60.2 Å². The van der Waals surface area contributed by atoms with Gasteiger partial charge in [0, 0.05) is 30.5 Å². The molecular weight excluding hydrogens is 427 g/mol. The lowest BCUT2D eigenvalue weighted by Crippen LogP contribution is -2.48. The van der Waals surface area contributed by atoms with Crippen LogP contribution in [0.15, 0.2) is 35.7 Å². The topological polar surface area (TPSA) is 49.9 Å². The van der Waals surface area contributed by atoms with Crippen LogP contribution in [0.4, 0.5) is 4.39 Å². The summed E-state index contributed by atoms with van der Waals surface area (Å²) in [4.78, 5) is 31.1. The zero-order valence-electron chi connectivity index (χ0n) is 18.8. The molecule has 172 valence electrons. The highest BCUT2D eigenvalue weighted by molar-refractivity contribution is 7.10. The van der Waals surface area contributed by atoms with Crippen molar-refractivity contribution in [1.29, 1.82) is 0 Å². The molecular formula is C25H31FN2O3S. The molecule has 0 bridgehead atoms. The van der Waals surface area contributed by atoms with Crippen molar-refractivity contribution in [2.75, 3.05) is 26.2 Å². The van der Waals surface area contributed by atoms with Crippen molar-refractivity contribution in [2.24, 2.45) is 11.8 Å². The van der Waals surface area contributed by atoms with Gasteiger partial charge in [-0.15, -0.1) is 11.3 Å². The summed E-state index contributed by atoms with van der Waals surface area (Å²) in [6, 6.07) is 7.86. The lowest BCUT2D eigenvalue weighted by molar-refractivity contribution is -0.143. The number of thiophene rings is 1. The maximum Gasteiger partial charge on any atom is 0.242 e. The number of ether oxygens (including phenoxy) is 1. The van der Waals surface area contributed by atoms with E-state index in [1.54, 1.807) is 28.4 Å². The van der Waals surface area contributed by atoms with Gasteiger partial charge in [-0.3, -0.25) is 9.59 Å². The molecule has 1 aliphatic heterocycles. The van der Waals surface area contributed by atoms with Gasteiger partial charge >= 0.3 is 0 Å². The van der Waals surface area contributed by atoms with Gasteiger partial charge in [-0.2, -0.15) is 0 Å². The summed E-state index contributed by atoms with van der Waals surface area (Å²) in [6.07, 6.45) is 3.52. The summed E-state index contributed by atoms with van der Waals surface area (Å²) >= 11 is 1.69. The quantitative estimate of drug-likeness (QED) is 0.548. The van der Waals surface area contributed by atoms with E-state index in [0.29, 0.717) is 31.2 Å². The lowest BCUT2D eigenvalue weighted by atomic mass is 10.00. The summed E-state index contributed by atoms with van der Waals surface area (Å²) in [5.41, 5.74) is 1.09. The minimum atomic E-state index is -0.352. The summed E-state index contributed by atoms with van der Waals surface area (Å²) in [5, 5.41) is 2.04. The van der Waals surface area contributed by atoms with Crippen LogP contribution in [0.2, 0.25) is 0 Å². The van der Waals surface area contributed by atoms with Gasteiger partial charge < -0.3 is 14.5 Å². The molecule has 2 aromatic rings. The Labute approximate surface area is 193 Å². The van der Waals surface area contributed by atoms with Gasteiger partial charge in [0.05, 0.1) is 12.6 Å². The number of fused-ring (bicyclic) bond motifs is 1. The molecule has 1 fully saturated rings. The van der Waals surface area contributed by atoms with E-state index in [2.05, 4.69) is 0 Å². The van der Waals surface area contributed by atoms with Crippen molar-refractivity contribution in [3.05, 3.63) is 52.0 Å². The van der Waals surface area contributed by atoms with Crippen LogP contribution in [0.25, 0.3) is 0 Å². The Morgan fingerprint density at radius 2 is 2.09 bits per heavy atom. The number of carbonyl (C=O) groups is 2. The summed E-state index contributed by atoms with van der Waals surface area (Å²) in [6.45, 7) is 5.67. The smallest absolute Gasteiger partial charge is 0.242 e. The summed E-state index contributed by atoms with van der Waals surface area (Å²) in [7, 11) is 0. The number of nitrogens with zero attached hydrogens (tertiary/aromatic N) is 2. The SMILES string of the molecule is CC(C)CC(=O)N(CC(=O)N1CCc2sccc2C1COc1cccc(F)c1)CC1CC1. The minimum Gasteiger partial charge on any atom is -0.491 e. The van der Waals surface area contributed by atoms with Crippen molar-refractivity contribution in [3.63, 3.8) is 0 Å². The number of amides is 2. The fourth-order valence-electron chi connectivity index (χ4n) is 4.21. The van der Waals surface area contributed by atoms with E-state index in [0.717, 1.165) is 24.8 Å². The van der Waals surface area contributed by atoms with Crippen molar-refractivity contribution in [3.8, 4) is 5.75 Å². The van der Waals surface area contributed by atoms with E-state index in [1.165, 1.54) is 17.0 Å². The number of carbonyl (C=O) groups excluding carboxylic acids is 2. The molecule has 2 aliphatic rings. The molecule has 5 nitrogen and oxygen atoms in total. The zero-order chi connectivity index (χ0) is 22.7. The maximum absolute atomic E-state index is 13.6. The van der Waals surface area contributed by atoms with Crippen LogP contribution in [0, 0.1) is 17.7 Å². The first-order chi connectivity index (χ1) is 15.4. The first-order valence-electron chi connectivity index (χ1n) is 11.4. The fraction of sp³-hybridized carbons (Fsp3) is 0.520. The molecule has 2 amide bonds. The number of hydrogen-bond acceptors (Lipinski definition) is 4. The van der Waals surface area contributed by atoms with Crippen LogP contribution in [0.1, 0.15) is 49.6 Å². The average Bonchev–Trinajstić information content (AvgIpc) is 3.43. The second-order valence-electron chi connectivity index (χ2n) is 9.24. The van der Waals surface area contributed by atoms with Crippen LogP contribution < -0.4 is 4.74 Å². The first kappa shape index (κ1) is 22.8. The largest absolute Gasteiger partial charge is 0.491 e. The van der Waals surface area contributed by atoms with Crippen LogP contribution >= 0.6 is 11.3 Å². The summed E-state index contributed by atoms with van der Waals surface area (Å²) in [5.74, 6) is 0.885. The molecule has 0 radical (unpaired) electrons. The summed E-state index contributed by atoms with van der Waals surface area (Å²) < 4.78 is 19.5. The van der Waals surface area contributed by atoms with E-state index in [4.69, 9.17) is 4.74 Å². The van der Waals surface area contributed by atoms with Crippen LogP contribution in [0.5, 0.6) is 5.75 Å². The van der Waals surface area contributed by atoms with Gasteiger partial charge in [0.25, 0.3) is 0 Å². The Kier molecular flexibility index (Phi) is 7.13. The molecule has 2 heterocycles. The standard InChI is InChI=1S/C25H31FN2O3S/c1-17(2)12-24(29)27(14-18-6-7-18)15-25(30)28-10-8-23-21(9-11-32-23)22(28)16-31-20-5-3-4-19(26)13-20/h3-5,9,11,13,17-18,22H,6-8,10,12,14-16H2,1-2H3. The molecule has 1 aliphatic carbocycles. The van der Waals surface area contributed by atoms with Gasteiger partial charge in [0.2, 0.25) is 11.8 Å². The Hall–Kier alpha value is -2.41. The predicted molar refractivity (Wildman–Crippen MR) is 123 cm³/mol. The highest BCUT2D eigenvalue weighted by Crippen LogP contribution is 2.34. The molecule has 1 atom stereocenters. The normalized spacial score (nSPS) is 17.9. The van der Waals surface area contributed by atoms with Gasteiger partial charge in [0.15, 0.2) is 0 Å². The van der Waals surface area contributed by atoms with Crippen molar-refractivity contribution in [2.45, 2.75) is 45.6 Å². The van der Waals surface area contributed by atoms with E-state index in [-0.39, 0.29) is 42.7 Å². The molecule has 32 heavy (non-hydrogen) atoms. The molecule has 0 spiro atoms. The average molecular weight is 459 g/mol. The minimum absolute atomic E-state index is 0.0487. The third kappa shape index (κ3) is 5.68. The van der Waals surface area contributed by atoms with E-state index in [1.807, 2.05) is 30.2 Å². The molecule has 1 saturated carbocycles.